The van der Waals surface area contributed by atoms with Gasteiger partial charge in [0.15, 0.2) is 13.1 Å². The average Bonchev–Trinajstić information content (AvgIpc) is 3.54. The molecule has 2 aromatic carbocycles. The summed E-state index contributed by atoms with van der Waals surface area (Å²) in [5.74, 6) is 0.679. The van der Waals surface area contributed by atoms with Crippen LogP contribution in [-0.2, 0) is 22.1 Å². The van der Waals surface area contributed by atoms with Crippen LogP contribution in [0.3, 0.4) is 0 Å². The molecule has 15 heteroatoms. The fourth-order valence-electron chi connectivity index (χ4n) is 7.16. The van der Waals surface area contributed by atoms with Gasteiger partial charge in [-0.05, 0) is 72.7 Å². The maximum absolute atomic E-state index is 14.6. The molecule has 4 N–H and O–H groups in total. The molecule has 5 aromatic rings. The van der Waals surface area contributed by atoms with Gasteiger partial charge in [-0.25, -0.2) is 9.48 Å². The number of aromatic nitrogens is 5. The second kappa shape index (κ2) is 13.7. The van der Waals surface area contributed by atoms with Crippen molar-refractivity contribution in [1.82, 2.24) is 24.5 Å². The molecule has 3 atom stereocenters. The summed E-state index contributed by atoms with van der Waals surface area (Å²) < 4.78 is 14.4. The lowest BCUT2D eigenvalue weighted by Gasteiger charge is -2.61. The quantitative estimate of drug-likeness (QED) is 0.144. The van der Waals surface area contributed by atoms with Gasteiger partial charge < -0.3 is 30.2 Å². The van der Waals surface area contributed by atoms with Crippen LogP contribution in [0.4, 0.5) is 16.2 Å². The molecule has 0 aliphatic heterocycles. The largest absolute Gasteiger partial charge is 0.422 e. The molecule has 2 bridgehead atoms. The summed E-state index contributed by atoms with van der Waals surface area (Å²) in [7, 11) is 1.67. The van der Waals surface area contributed by atoms with Crippen molar-refractivity contribution >= 4 is 50.7 Å². The number of pyridine rings is 2. The molecule has 0 saturated heterocycles. The van der Waals surface area contributed by atoms with Crippen molar-refractivity contribution in [2.24, 2.45) is 24.1 Å². The number of nitrogens with zero attached hydrogens (tertiary/aromatic N) is 7. The lowest BCUT2D eigenvalue weighted by Crippen LogP contribution is -2.59. The number of carbonyl (C=O) groups excluding carboxylic acids is 1. The molecule has 3 aromatic heterocycles. The normalized spacial score (nSPS) is 19.5. The maximum Gasteiger partial charge on any atom is 0.417 e. The van der Waals surface area contributed by atoms with Crippen LogP contribution in [0.15, 0.2) is 59.8 Å². The first-order chi connectivity index (χ1) is 25.2. The predicted octanol–water partition coefficient (Wildman–Crippen LogP) is 5.54. The number of nitriles is 1. The number of aliphatic hydroxyl groups excluding tert-OH is 1. The first-order valence-corrected chi connectivity index (χ1v) is 17.9. The smallest absolute Gasteiger partial charge is 0.417 e. The Hall–Kier alpha value is -5.07. The molecule has 3 aliphatic carbocycles. The summed E-state index contributed by atoms with van der Waals surface area (Å²) in [5, 5.41) is 34.7. The molecule has 3 aliphatic rings. The van der Waals surface area contributed by atoms with Crippen LogP contribution in [0.25, 0.3) is 21.7 Å². The van der Waals surface area contributed by atoms with E-state index in [-0.39, 0.29) is 27.2 Å². The highest BCUT2D eigenvalue weighted by atomic mass is 35.5. The van der Waals surface area contributed by atoms with E-state index in [1.165, 1.54) is 15.7 Å². The molecule has 53 heavy (non-hydrogen) atoms. The lowest BCUT2D eigenvalue weighted by molar-refractivity contribution is -0.158. The summed E-state index contributed by atoms with van der Waals surface area (Å²) in [6.07, 6.45) is 5.75. The van der Waals surface area contributed by atoms with Gasteiger partial charge in [-0.3, -0.25) is 14.7 Å². The second-order valence-corrected chi connectivity index (χ2v) is 15.9. The van der Waals surface area contributed by atoms with Crippen LogP contribution < -0.4 is 21.5 Å². The van der Waals surface area contributed by atoms with E-state index in [9.17, 15) is 20.0 Å². The molecular formula is C38H42ClN9O5. The number of aryl methyl sites for hydroxylation is 1. The number of rotatable bonds is 11. The van der Waals surface area contributed by atoms with E-state index in [4.69, 9.17) is 26.8 Å². The Morgan fingerprint density at radius 2 is 1.98 bits per heavy atom. The van der Waals surface area contributed by atoms with Crippen LogP contribution in [-0.4, -0.2) is 61.4 Å². The van der Waals surface area contributed by atoms with Gasteiger partial charge in [0.2, 0.25) is 0 Å². The highest BCUT2D eigenvalue weighted by Gasteiger charge is 2.59. The molecule has 3 heterocycles. The van der Waals surface area contributed by atoms with Crippen molar-refractivity contribution in [2.45, 2.75) is 70.9 Å². The zero-order valence-electron chi connectivity index (χ0n) is 30.2. The van der Waals surface area contributed by atoms with Crippen LogP contribution in [0, 0.1) is 22.7 Å². The van der Waals surface area contributed by atoms with Crippen molar-refractivity contribution in [1.29, 1.82) is 5.26 Å². The van der Waals surface area contributed by atoms with Gasteiger partial charge in [0.25, 0.3) is 5.56 Å². The number of ether oxygens (including phenoxy) is 2. The molecule has 0 spiro atoms. The first-order valence-electron chi connectivity index (χ1n) is 17.5. The average molecular weight is 740 g/mol. The number of halogens is 1. The number of carbonyl (C=O) groups is 1. The Morgan fingerprint density at radius 1 is 1.23 bits per heavy atom. The number of hydrogen-bond donors (Lipinski definition) is 3. The van der Waals surface area contributed by atoms with Crippen molar-refractivity contribution in [2.75, 3.05) is 23.6 Å². The number of aliphatic hydroxyl groups is 1. The molecule has 276 valence electrons. The minimum absolute atomic E-state index is 0.108. The van der Waals surface area contributed by atoms with Crippen molar-refractivity contribution in [3.05, 3.63) is 87.2 Å². The highest BCUT2D eigenvalue weighted by molar-refractivity contribution is 6.36. The number of nitrogens with two attached hydrogens (primary N) is 1. The monoisotopic (exact) mass is 739 g/mol. The number of hydrogen-bond acceptors (Lipinski definition) is 11. The van der Waals surface area contributed by atoms with Gasteiger partial charge in [-0.2, -0.15) is 5.26 Å². The van der Waals surface area contributed by atoms with Gasteiger partial charge >= 0.3 is 6.09 Å². The van der Waals surface area contributed by atoms with E-state index in [0.717, 1.165) is 19.3 Å². The number of amides is 1. The number of benzene rings is 2. The third-order valence-electron chi connectivity index (χ3n) is 10.2. The Bertz CT molecular complexity index is 2310. The zero-order chi connectivity index (χ0) is 37.8. The summed E-state index contributed by atoms with van der Waals surface area (Å²) in [6, 6.07) is 10.9. The predicted molar refractivity (Wildman–Crippen MR) is 200 cm³/mol. The zero-order valence-corrected chi connectivity index (χ0v) is 31.0. The molecule has 1 amide bonds. The topological polar surface area (TPSA) is 186 Å². The van der Waals surface area contributed by atoms with Gasteiger partial charge in [-0.1, -0.05) is 49.7 Å². The van der Waals surface area contributed by atoms with Gasteiger partial charge in [0, 0.05) is 36.8 Å². The van der Waals surface area contributed by atoms with Crippen LogP contribution >= 0.6 is 11.6 Å². The molecule has 3 saturated carbocycles. The van der Waals surface area contributed by atoms with E-state index in [1.807, 2.05) is 23.0 Å². The summed E-state index contributed by atoms with van der Waals surface area (Å²) >= 11 is 6.98. The fraction of sp³-hybridized carbons (Fsp3) is 0.421. The van der Waals surface area contributed by atoms with Crippen molar-refractivity contribution in [3.63, 3.8) is 0 Å². The SMILES string of the molecule is C[C@H](N)C(O)OCOC(=O)N(c1cc(Cl)c2ncc(C#N)c(NCC(C)(C)C)c2c1)[C@H](c1cn(C23CC(C2)C3)nn1)c1cccc2c(=O)n(C)ccc12. The number of nitrogens with one attached hydrogen (secondary N) is 1. The van der Waals surface area contributed by atoms with E-state index in [0.29, 0.717) is 56.6 Å². The Kier molecular flexibility index (Phi) is 9.40. The highest BCUT2D eigenvalue weighted by Crippen LogP contribution is 2.62. The second-order valence-electron chi connectivity index (χ2n) is 15.4. The summed E-state index contributed by atoms with van der Waals surface area (Å²) in [4.78, 5) is 33.9. The Balaban J connectivity index is 1.45. The molecule has 1 unspecified atom stereocenters. The van der Waals surface area contributed by atoms with Gasteiger partial charge in [0.05, 0.1) is 45.3 Å². The molecule has 0 radical (unpaired) electrons. The molecule has 8 rings (SSSR count). The van der Waals surface area contributed by atoms with Gasteiger partial charge in [-0.15, -0.1) is 5.10 Å². The van der Waals surface area contributed by atoms with Crippen LogP contribution in [0.1, 0.15) is 69.8 Å². The van der Waals surface area contributed by atoms with Crippen molar-refractivity contribution < 1.29 is 19.4 Å². The first kappa shape index (κ1) is 36.3. The van der Waals surface area contributed by atoms with E-state index >= 15 is 0 Å². The molecule has 14 nitrogen and oxygen atoms in total. The fourth-order valence-corrected chi connectivity index (χ4v) is 7.43. The van der Waals surface area contributed by atoms with Gasteiger partial charge in [0.1, 0.15) is 17.8 Å². The van der Waals surface area contributed by atoms with Crippen LogP contribution in [0.5, 0.6) is 0 Å². The maximum atomic E-state index is 14.6. The molecule has 3 fully saturated rings. The Morgan fingerprint density at radius 3 is 2.64 bits per heavy atom. The number of anilines is 2. The van der Waals surface area contributed by atoms with E-state index in [1.54, 1.807) is 44.4 Å². The van der Waals surface area contributed by atoms with Crippen molar-refractivity contribution in [3.8, 4) is 6.07 Å². The third-order valence-corrected chi connectivity index (χ3v) is 10.5. The van der Waals surface area contributed by atoms with Crippen LogP contribution in [0.2, 0.25) is 5.02 Å². The molecular weight excluding hydrogens is 698 g/mol. The van der Waals surface area contributed by atoms with E-state index < -0.39 is 31.3 Å². The third kappa shape index (κ3) is 6.70. The Labute approximate surface area is 311 Å². The summed E-state index contributed by atoms with van der Waals surface area (Å²) in [5.41, 5.74) is 7.80. The minimum atomic E-state index is -1.39. The van der Waals surface area contributed by atoms with E-state index in [2.05, 4.69) is 47.5 Å². The lowest BCUT2D eigenvalue weighted by atomic mass is 9.50. The minimum Gasteiger partial charge on any atom is -0.422 e. The number of fused-ring (bicyclic) bond motifs is 2. The standard InChI is InChI=1S/C38H42ClN9O5/c1-21(41)35(50)52-20-53-36(51)48(24-11-28-31(43-19-37(2,3)4)23(16-40)17-42-32(28)29(39)12-24)33(30-18-47(45-44-30)38-13-22(14-38)15-38)26-7-6-8-27-25(26)9-10-46(5)34(27)49/h6-12,17-18,21-22,33,35,50H,13-15,19-20,41H2,1-5H3,(H,42,43)/t21-,22?,33-,35?,38?/m0/s1. The summed E-state index contributed by atoms with van der Waals surface area (Å²) in [6.45, 7) is 7.65.